The van der Waals surface area contributed by atoms with Crippen molar-refractivity contribution in [3.05, 3.63) is 17.0 Å². The van der Waals surface area contributed by atoms with Crippen molar-refractivity contribution in [2.75, 3.05) is 0 Å². The minimum Gasteiger partial charge on any atom is -0.499 e. The average Bonchev–Trinajstić information content (AvgIpc) is 2.77. The van der Waals surface area contributed by atoms with E-state index in [9.17, 15) is 0 Å². The predicted octanol–water partition coefficient (Wildman–Crippen LogP) is 5.34. The molecule has 0 saturated carbocycles. The maximum absolute atomic E-state index is 9.17. The van der Waals surface area contributed by atoms with Crippen molar-refractivity contribution >= 4 is 11.3 Å². The topological polar surface area (TPSA) is 20.2 Å². The summed E-state index contributed by atoms with van der Waals surface area (Å²) in [5, 5.41) is 11.4. The summed E-state index contributed by atoms with van der Waals surface area (Å²) in [6.45, 7) is 2.26. The van der Waals surface area contributed by atoms with Crippen LogP contribution >= 0.6 is 11.3 Å². The van der Waals surface area contributed by atoms with E-state index in [1.54, 1.807) is 6.07 Å². The van der Waals surface area contributed by atoms with E-state index in [1.807, 2.05) is 5.38 Å². The molecule has 0 unspecified atom stereocenters. The van der Waals surface area contributed by atoms with Gasteiger partial charge in [-0.05, 0) is 6.42 Å². The van der Waals surface area contributed by atoms with Crippen molar-refractivity contribution in [1.82, 2.24) is 0 Å². The van der Waals surface area contributed by atoms with E-state index in [0.29, 0.717) is 5.06 Å². The third-order valence-electron chi connectivity index (χ3n) is 2.97. The zero-order chi connectivity index (χ0) is 13.1. The lowest BCUT2D eigenvalue weighted by Crippen LogP contribution is -1.80. The first-order valence-electron chi connectivity index (χ1n) is 7.09. The van der Waals surface area contributed by atoms with Crippen molar-refractivity contribution in [2.45, 2.75) is 64.7 Å². The van der Waals surface area contributed by atoms with Gasteiger partial charge in [0, 0.05) is 23.4 Å². The molecule has 1 heterocycles. The molecule has 0 aliphatic carbocycles. The van der Waals surface area contributed by atoms with Crippen LogP contribution < -0.4 is 0 Å². The first-order chi connectivity index (χ1) is 8.83. The Morgan fingerprint density at radius 3 is 2.33 bits per heavy atom. The van der Waals surface area contributed by atoms with E-state index >= 15 is 0 Å². The fraction of sp³-hybridized carbons (Fsp3) is 0.625. The highest BCUT2D eigenvalue weighted by molar-refractivity contribution is 7.11. The smallest absolute Gasteiger partial charge is 0.172 e. The molecule has 1 N–H and O–H groups in total. The van der Waals surface area contributed by atoms with Gasteiger partial charge in [0.25, 0.3) is 0 Å². The van der Waals surface area contributed by atoms with Gasteiger partial charge in [0.1, 0.15) is 0 Å². The number of unbranched alkanes of at least 4 members (excludes halogenated alkanes) is 8. The summed E-state index contributed by atoms with van der Waals surface area (Å²) in [5.74, 6) is 6.26. The van der Waals surface area contributed by atoms with Gasteiger partial charge in [-0.2, -0.15) is 0 Å². The van der Waals surface area contributed by atoms with Gasteiger partial charge >= 0.3 is 0 Å². The molecule has 18 heavy (non-hydrogen) atoms. The van der Waals surface area contributed by atoms with Crippen LogP contribution in [-0.2, 0) is 0 Å². The Morgan fingerprint density at radius 1 is 1.06 bits per heavy atom. The van der Waals surface area contributed by atoms with Crippen molar-refractivity contribution in [3.8, 4) is 16.9 Å². The number of hydrogen-bond donors (Lipinski definition) is 1. The van der Waals surface area contributed by atoms with Crippen LogP contribution in [0.2, 0.25) is 0 Å². The molecule has 0 aliphatic rings. The summed E-state index contributed by atoms with van der Waals surface area (Å²) < 4.78 is 0. The second-order valence-corrected chi connectivity index (χ2v) is 5.59. The van der Waals surface area contributed by atoms with Gasteiger partial charge in [0.15, 0.2) is 5.06 Å². The van der Waals surface area contributed by atoms with Gasteiger partial charge in [0.2, 0.25) is 0 Å². The summed E-state index contributed by atoms with van der Waals surface area (Å²) in [5.41, 5.74) is 0.942. The zero-order valence-electron chi connectivity index (χ0n) is 11.4. The number of aromatic hydroxyl groups is 1. The molecule has 0 atom stereocenters. The summed E-state index contributed by atoms with van der Waals surface area (Å²) in [7, 11) is 0. The van der Waals surface area contributed by atoms with Gasteiger partial charge in [0.05, 0.1) is 0 Å². The van der Waals surface area contributed by atoms with Gasteiger partial charge in [-0.3, -0.25) is 0 Å². The maximum Gasteiger partial charge on any atom is 0.172 e. The molecule has 1 aromatic rings. The van der Waals surface area contributed by atoms with Gasteiger partial charge in [-0.15, -0.1) is 11.3 Å². The molecule has 1 aromatic heterocycles. The molecule has 0 saturated heterocycles. The van der Waals surface area contributed by atoms with Gasteiger partial charge < -0.3 is 5.11 Å². The maximum atomic E-state index is 9.17. The molecular weight excluding hydrogens is 240 g/mol. The van der Waals surface area contributed by atoms with Crippen molar-refractivity contribution in [1.29, 1.82) is 0 Å². The zero-order valence-corrected chi connectivity index (χ0v) is 12.2. The molecule has 2 heteroatoms. The van der Waals surface area contributed by atoms with Gasteiger partial charge in [-0.1, -0.05) is 63.7 Å². The Hall–Kier alpha value is -0.940. The third-order valence-corrected chi connectivity index (χ3v) is 3.70. The molecule has 0 bridgehead atoms. The molecule has 1 nitrogen and oxygen atoms in total. The van der Waals surface area contributed by atoms with E-state index in [-0.39, 0.29) is 0 Å². The van der Waals surface area contributed by atoms with E-state index in [2.05, 4.69) is 18.8 Å². The normalized spacial score (nSPS) is 10.1. The summed E-state index contributed by atoms with van der Waals surface area (Å²) in [6.07, 6.45) is 11.7. The van der Waals surface area contributed by atoms with Crippen LogP contribution in [0.3, 0.4) is 0 Å². The average molecular weight is 264 g/mol. The summed E-state index contributed by atoms with van der Waals surface area (Å²) in [6, 6.07) is 1.73. The first kappa shape index (κ1) is 15.1. The lowest BCUT2D eigenvalue weighted by atomic mass is 10.1. The molecule has 0 aliphatic heterocycles. The second-order valence-electron chi connectivity index (χ2n) is 4.70. The fourth-order valence-electron chi connectivity index (χ4n) is 1.90. The minimum atomic E-state index is 0.353. The largest absolute Gasteiger partial charge is 0.499 e. The van der Waals surface area contributed by atoms with Crippen LogP contribution in [0.1, 0.15) is 70.3 Å². The SMILES string of the molecule is CCCCCCCCCCC#Cc1csc(O)c1. The standard InChI is InChI=1S/C16H24OS/c1-2-3-4-5-6-7-8-9-10-11-12-15-13-16(17)18-14-15/h13-14,17H,2-10H2,1H3. The quantitative estimate of drug-likeness (QED) is 0.496. The van der Waals surface area contributed by atoms with Crippen LogP contribution in [0, 0.1) is 11.8 Å². The Kier molecular flexibility index (Phi) is 8.42. The van der Waals surface area contributed by atoms with Gasteiger partial charge in [-0.25, -0.2) is 0 Å². The molecule has 0 spiro atoms. The Morgan fingerprint density at radius 2 is 1.72 bits per heavy atom. The molecule has 0 aromatic carbocycles. The Balaban J connectivity index is 1.94. The molecule has 100 valence electrons. The number of thiophene rings is 1. The predicted molar refractivity (Wildman–Crippen MR) is 80.1 cm³/mol. The van der Waals surface area contributed by atoms with Crippen LogP contribution in [0.4, 0.5) is 0 Å². The van der Waals surface area contributed by atoms with Crippen molar-refractivity contribution in [3.63, 3.8) is 0 Å². The molecule has 0 radical (unpaired) electrons. The third kappa shape index (κ3) is 7.40. The van der Waals surface area contributed by atoms with E-state index in [1.165, 1.54) is 62.7 Å². The lowest BCUT2D eigenvalue weighted by Gasteiger charge is -1.99. The fourth-order valence-corrected chi connectivity index (χ4v) is 2.47. The van der Waals surface area contributed by atoms with E-state index in [4.69, 9.17) is 5.11 Å². The number of hydrogen-bond acceptors (Lipinski definition) is 2. The molecular formula is C16H24OS. The minimum absolute atomic E-state index is 0.353. The second kappa shape index (κ2) is 10.0. The lowest BCUT2D eigenvalue weighted by molar-refractivity contribution is 0.491. The monoisotopic (exact) mass is 264 g/mol. The Bertz CT molecular complexity index is 370. The number of rotatable bonds is 8. The summed E-state index contributed by atoms with van der Waals surface area (Å²) in [4.78, 5) is 0. The van der Waals surface area contributed by atoms with Crippen LogP contribution in [0.5, 0.6) is 5.06 Å². The summed E-state index contributed by atoms with van der Waals surface area (Å²) >= 11 is 1.34. The van der Waals surface area contributed by atoms with Crippen molar-refractivity contribution in [2.24, 2.45) is 0 Å². The van der Waals surface area contributed by atoms with Crippen LogP contribution in [0.25, 0.3) is 0 Å². The van der Waals surface area contributed by atoms with E-state index < -0.39 is 0 Å². The van der Waals surface area contributed by atoms with Crippen LogP contribution in [-0.4, -0.2) is 5.11 Å². The molecule has 0 fully saturated rings. The highest BCUT2D eigenvalue weighted by Gasteiger charge is 1.93. The highest BCUT2D eigenvalue weighted by atomic mass is 32.1. The Labute approximate surface area is 115 Å². The first-order valence-corrected chi connectivity index (χ1v) is 7.97. The molecule has 0 amide bonds. The highest BCUT2D eigenvalue weighted by Crippen LogP contribution is 2.19. The van der Waals surface area contributed by atoms with E-state index in [0.717, 1.165) is 12.0 Å². The van der Waals surface area contributed by atoms with Crippen LogP contribution in [0.15, 0.2) is 11.4 Å². The molecule has 1 rings (SSSR count). The van der Waals surface area contributed by atoms with Crippen molar-refractivity contribution < 1.29 is 5.11 Å².